The molecule has 1 N–H and O–H groups in total. The molecule has 1 aliphatic rings. The summed E-state index contributed by atoms with van der Waals surface area (Å²) < 4.78 is 12.4. The van der Waals surface area contributed by atoms with E-state index >= 15 is 0 Å². The van der Waals surface area contributed by atoms with Crippen LogP contribution in [0.3, 0.4) is 0 Å². The maximum atomic E-state index is 12.0. The Bertz CT molecular complexity index is 1190. The zero-order chi connectivity index (χ0) is 24.3. The standard InChI is InChI=1S/C25H32N6O3/c1-25(2,3)27-18-10-11-31(14-18)23-9-8-20(28-29-23)19-7-6-17(12-22(19)34-16-33-5)21-13-24(32)30(4)15-26-21/h6-9,12-13,15,18,27H,10-11,14,16H2,1-5H3/t18-/m1/s1. The molecule has 2 aromatic heterocycles. The molecule has 1 aromatic carbocycles. The second-order valence-electron chi connectivity index (χ2n) is 9.59. The molecule has 3 aromatic rings. The highest BCUT2D eigenvalue weighted by atomic mass is 16.7. The van der Waals surface area contributed by atoms with Crippen LogP contribution in [0.25, 0.3) is 22.5 Å². The lowest BCUT2D eigenvalue weighted by Gasteiger charge is -2.26. The van der Waals surface area contributed by atoms with E-state index in [0.717, 1.165) is 36.5 Å². The van der Waals surface area contributed by atoms with E-state index < -0.39 is 0 Å². The number of rotatable bonds is 7. The first kappa shape index (κ1) is 23.8. The largest absolute Gasteiger partial charge is 0.467 e. The molecule has 1 aliphatic heterocycles. The molecule has 0 saturated carbocycles. The summed E-state index contributed by atoms with van der Waals surface area (Å²) >= 11 is 0. The zero-order valence-corrected chi connectivity index (χ0v) is 20.4. The maximum absolute atomic E-state index is 12.0. The van der Waals surface area contributed by atoms with Gasteiger partial charge in [0.25, 0.3) is 5.56 Å². The monoisotopic (exact) mass is 464 g/mol. The number of hydrogen-bond acceptors (Lipinski definition) is 8. The van der Waals surface area contributed by atoms with Crippen LogP contribution in [0.2, 0.25) is 0 Å². The summed E-state index contributed by atoms with van der Waals surface area (Å²) in [6.07, 6.45) is 2.58. The van der Waals surface area contributed by atoms with Crippen LogP contribution >= 0.6 is 0 Å². The maximum Gasteiger partial charge on any atom is 0.253 e. The van der Waals surface area contributed by atoms with Crippen LogP contribution in [0.5, 0.6) is 5.75 Å². The molecule has 1 atom stereocenters. The van der Waals surface area contributed by atoms with Gasteiger partial charge in [-0.05, 0) is 51.5 Å². The van der Waals surface area contributed by atoms with Gasteiger partial charge in [-0.15, -0.1) is 10.2 Å². The third-order valence-electron chi connectivity index (χ3n) is 5.66. The summed E-state index contributed by atoms with van der Waals surface area (Å²) in [5.41, 5.74) is 2.79. The number of aromatic nitrogens is 4. The van der Waals surface area contributed by atoms with Crippen molar-refractivity contribution in [2.24, 2.45) is 7.05 Å². The first-order chi connectivity index (χ1) is 16.2. The molecule has 0 aliphatic carbocycles. The van der Waals surface area contributed by atoms with Crippen molar-refractivity contribution in [2.45, 2.75) is 38.8 Å². The molecule has 0 radical (unpaired) electrons. The number of ether oxygens (including phenoxy) is 2. The van der Waals surface area contributed by atoms with E-state index in [4.69, 9.17) is 9.47 Å². The number of aryl methyl sites for hydroxylation is 1. The zero-order valence-electron chi connectivity index (χ0n) is 20.4. The van der Waals surface area contributed by atoms with Gasteiger partial charge in [-0.1, -0.05) is 6.07 Å². The fraction of sp³-hybridized carbons (Fsp3) is 0.440. The minimum atomic E-state index is -0.128. The summed E-state index contributed by atoms with van der Waals surface area (Å²) in [6.45, 7) is 8.50. The van der Waals surface area contributed by atoms with Gasteiger partial charge in [-0.25, -0.2) is 4.98 Å². The second-order valence-corrected chi connectivity index (χ2v) is 9.59. The van der Waals surface area contributed by atoms with Crippen LogP contribution in [0.1, 0.15) is 27.2 Å². The number of methoxy groups -OCH3 is 1. The summed E-state index contributed by atoms with van der Waals surface area (Å²) in [7, 11) is 3.24. The van der Waals surface area contributed by atoms with E-state index in [2.05, 4.69) is 46.2 Å². The van der Waals surface area contributed by atoms with Crippen molar-refractivity contribution in [3.8, 4) is 28.3 Å². The highest BCUT2D eigenvalue weighted by Crippen LogP contribution is 2.33. The molecule has 1 saturated heterocycles. The molecular weight excluding hydrogens is 432 g/mol. The van der Waals surface area contributed by atoms with Gasteiger partial charge >= 0.3 is 0 Å². The average molecular weight is 465 g/mol. The lowest BCUT2D eigenvalue weighted by Crippen LogP contribution is -2.45. The Labute approximate surface area is 199 Å². The SMILES string of the molecule is COCOc1cc(-c2cc(=O)n(C)cn2)ccc1-c1ccc(N2CC[C@@H](NC(C)(C)C)C2)nn1. The van der Waals surface area contributed by atoms with Gasteiger partial charge in [0.2, 0.25) is 0 Å². The number of benzene rings is 1. The molecule has 34 heavy (non-hydrogen) atoms. The van der Waals surface area contributed by atoms with Crippen molar-refractivity contribution in [2.75, 3.05) is 31.9 Å². The van der Waals surface area contributed by atoms with Crippen molar-refractivity contribution in [1.29, 1.82) is 0 Å². The summed E-state index contributed by atoms with van der Waals surface area (Å²) in [6, 6.07) is 11.5. The molecule has 0 amide bonds. The Balaban J connectivity index is 1.57. The Morgan fingerprint density at radius 2 is 1.94 bits per heavy atom. The molecular formula is C25H32N6O3. The summed E-state index contributed by atoms with van der Waals surface area (Å²) in [5, 5.41) is 12.6. The molecule has 0 unspecified atom stereocenters. The molecule has 9 heteroatoms. The van der Waals surface area contributed by atoms with Gasteiger partial charge in [-0.3, -0.25) is 4.79 Å². The van der Waals surface area contributed by atoms with Gasteiger partial charge in [-0.2, -0.15) is 0 Å². The Kier molecular flexibility index (Phi) is 6.95. The van der Waals surface area contributed by atoms with Gasteiger partial charge in [0.05, 0.1) is 17.7 Å². The lowest BCUT2D eigenvalue weighted by atomic mass is 10.0. The molecule has 1 fully saturated rings. The summed E-state index contributed by atoms with van der Waals surface area (Å²) in [4.78, 5) is 18.6. The van der Waals surface area contributed by atoms with E-state index in [1.54, 1.807) is 14.2 Å². The quantitative estimate of drug-likeness (QED) is 0.534. The first-order valence-electron chi connectivity index (χ1n) is 11.4. The fourth-order valence-corrected chi connectivity index (χ4v) is 4.09. The van der Waals surface area contributed by atoms with Crippen LogP contribution in [0, 0.1) is 0 Å². The van der Waals surface area contributed by atoms with Crippen LogP contribution in [-0.4, -0.2) is 58.3 Å². The highest BCUT2D eigenvalue weighted by molar-refractivity contribution is 5.73. The minimum Gasteiger partial charge on any atom is -0.467 e. The van der Waals surface area contributed by atoms with E-state index in [0.29, 0.717) is 23.2 Å². The Morgan fingerprint density at radius 1 is 1.12 bits per heavy atom. The van der Waals surface area contributed by atoms with Gasteiger partial charge in [0.1, 0.15) is 5.75 Å². The third-order valence-corrected chi connectivity index (χ3v) is 5.66. The highest BCUT2D eigenvalue weighted by Gasteiger charge is 2.26. The van der Waals surface area contributed by atoms with Crippen molar-refractivity contribution in [3.63, 3.8) is 0 Å². The molecule has 180 valence electrons. The van der Waals surface area contributed by atoms with Crippen LogP contribution < -0.4 is 20.5 Å². The smallest absolute Gasteiger partial charge is 0.253 e. The molecule has 0 bridgehead atoms. The van der Waals surface area contributed by atoms with Crippen molar-refractivity contribution in [1.82, 2.24) is 25.1 Å². The normalized spacial score (nSPS) is 16.1. The number of hydrogen-bond donors (Lipinski definition) is 1. The molecule has 4 rings (SSSR count). The predicted octanol–water partition coefficient (Wildman–Crippen LogP) is 2.85. The Morgan fingerprint density at radius 3 is 2.62 bits per heavy atom. The molecule has 9 nitrogen and oxygen atoms in total. The van der Waals surface area contributed by atoms with E-state index in [9.17, 15) is 4.79 Å². The Hall–Kier alpha value is -3.30. The number of anilines is 1. The van der Waals surface area contributed by atoms with Crippen molar-refractivity contribution in [3.05, 3.63) is 53.1 Å². The summed E-state index contributed by atoms with van der Waals surface area (Å²) in [5.74, 6) is 1.45. The van der Waals surface area contributed by atoms with Crippen LogP contribution in [0.15, 0.2) is 47.5 Å². The van der Waals surface area contributed by atoms with Gasteiger partial charge in [0.15, 0.2) is 12.6 Å². The number of nitrogens with zero attached hydrogens (tertiary/aromatic N) is 5. The van der Waals surface area contributed by atoms with Gasteiger partial charge in [0, 0.05) is 56.0 Å². The first-order valence-corrected chi connectivity index (χ1v) is 11.4. The third kappa shape index (κ3) is 5.60. The molecule has 3 heterocycles. The fourth-order valence-electron chi connectivity index (χ4n) is 4.09. The average Bonchev–Trinajstić information content (AvgIpc) is 3.26. The lowest BCUT2D eigenvalue weighted by molar-refractivity contribution is 0.0515. The predicted molar refractivity (Wildman–Crippen MR) is 132 cm³/mol. The van der Waals surface area contributed by atoms with E-state index in [-0.39, 0.29) is 17.9 Å². The van der Waals surface area contributed by atoms with Gasteiger partial charge < -0.3 is 24.3 Å². The van der Waals surface area contributed by atoms with E-state index in [1.807, 2.05) is 30.3 Å². The second kappa shape index (κ2) is 9.90. The van der Waals surface area contributed by atoms with Crippen LogP contribution in [0.4, 0.5) is 5.82 Å². The minimum absolute atomic E-state index is 0.0852. The van der Waals surface area contributed by atoms with Crippen molar-refractivity contribution >= 4 is 5.82 Å². The van der Waals surface area contributed by atoms with Crippen molar-refractivity contribution < 1.29 is 9.47 Å². The van der Waals surface area contributed by atoms with Crippen LogP contribution in [-0.2, 0) is 11.8 Å². The number of nitrogens with one attached hydrogen (secondary N) is 1. The van der Waals surface area contributed by atoms with E-state index in [1.165, 1.54) is 17.0 Å². The molecule has 0 spiro atoms. The topological polar surface area (TPSA) is 94.4 Å².